The molecule has 1 fully saturated rings. The lowest BCUT2D eigenvalue weighted by Crippen LogP contribution is -2.37. The first-order valence-corrected chi connectivity index (χ1v) is 11.6. The fourth-order valence-electron chi connectivity index (χ4n) is 4.89. The van der Waals surface area contributed by atoms with Crippen LogP contribution in [0.4, 0.5) is 5.82 Å². The van der Waals surface area contributed by atoms with E-state index in [1.807, 2.05) is 12.1 Å². The van der Waals surface area contributed by atoms with Crippen LogP contribution in [-0.2, 0) is 4.74 Å². The minimum absolute atomic E-state index is 0.0660. The van der Waals surface area contributed by atoms with E-state index in [-0.39, 0.29) is 12.0 Å². The van der Waals surface area contributed by atoms with Gasteiger partial charge in [-0.3, -0.25) is 0 Å². The summed E-state index contributed by atoms with van der Waals surface area (Å²) in [5.41, 5.74) is 3.14. The molecule has 1 unspecified atom stereocenters. The number of nitrogens with zero attached hydrogens (tertiary/aromatic N) is 4. The molecule has 0 bridgehead atoms. The number of aliphatic hydroxyl groups excluding tert-OH is 1. The van der Waals surface area contributed by atoms with E-state index in [2.05, 4.69) is 52.9 Å². The molecular weight excluding hydrogens is 412 g/mol. The van der Waals surface area contributed by atoms with Crippen molar-refractivity contribution in [3.8, 4) is 0 Å². The Hall–Kier alpha value is -1.73. The van der Waals surface area contributed by atoms with E-state index >= 15 is 0 Å². The summed E-state index contributed by atoms with van der Waals surface area (Å²) in [7, 11) is 4.13. The number of ether oxygens (including phenoxy) is 1. The zero-order valence-electron chi connectivity index (χ0n) is 18.7. The van der Waals surface area contributed by atoms with Gasteiger partial charge in [0.05, 0.1) is 24.5 Å². The number of benzene rings is 1. The summed E-state index contributed by atoms with van der Waals surface area (Å²) in [5.74, 6) is 1.73. The Balaban J connectivity index is 1.47. The molecular formula is C24H33ClN4O2. The first-order valence-electron chi connectivity index (χ1n) is 11.2. The van der Waals surface area contributed by atoms with Crippen molar-refractivity contribution in [2.24, 2.45) is 5.92 Å². The van der Waals surface area contributed by atoms with Crippen LogP contribution >= 0.6 is 11.6 Å². The lowest BCUT2D eigenvalue weighted by Gasteiger charge is -2.37. The van der Waals surface area contributed by atoms with Crippen molar-refractivity contribution in [3.63, 3.8) is 0 Å². The van der Waals surface area contributed by atoms with Gasteiger partial charge in [0.25, 0.3) is 0 Å². The van der Waals surface area contributed by atoms with Crippen LogP contribution in [0.1, 0.15) is 61.1 Å². The minimum atomic E-state index is -0.469. The molecule has 7 heteroatoms. The number of halogens is 1. The zero-order chi connectivity index (χ0) is 22.0. The molecule has 1 N–H and O–H groups in total. The van der Waals surface area contributed by atoms with E-state index < -0.39 is 6.10 Å². The Morgan fingerprint density at radius 2 is 1.90 bits per heavy atom. The molecule has 0 amide bonds. The van der Waals surface area contributed by atoms with E-state index in [1.54, 1.807) is 6.33 Å². The maximum atomic E-state index is 10.3. The Morgan fingerprint density at radius 3 is 2.58 bits per heavy atom. The van der Waals surface area contributed by atoms with Gasteiger partial charge in [0.15, 0.2) is 0 Å². The number of hydrogen-bond acceptors (Lipinski definition) is 6. The second-order valence-corrected chi connectivity index (χ2v) is 9.56. The number of fused-ring (bicyclic) bond motifs is 1. The van der Waals surface area contributed by atoms with Gasteiger partial charge in [0, 0.05) is 30.2 Å². The molecule has 4 rings (SSSR count). The SMILES string of the molecule is CC1C[C@@H](O)c2ncnc(N3CCC([C@@H](OCCN(C)C)c4ccc(Cl)cc4)CC3)c21. The molecule has 2 heterocycles. The van der Waals surface area contributed by atoms with E-state index in [0.717, 1.165) is 61.0 Å². The third kappa shape index (κ3) is 5.03. The largest absolute Gasteiger partial charge is 0.387 e. The summed E-state index contributed by atoms with van der Waals surface area (Å²) < 4.78 is 6.40. The molecule has 2 aliphatic rings. The molecule has 1 aromatic carbocycles. The first kappa shape index (κ1) is 22.5. The molecule has 6 nitrogen and oxygen atoms in total. The topological polar surface area (TPSA) is 61.7 Å². The van der Waals surface area contributed by atoms with Crippen LogP contribution in [-0.4, -0.2) is 60.3 Å². The van der Waals surface area contributed by atoms with Crippen molar-refractivity contribution < 1.29 is 9.84 Å². The average molecular weight is 445 g/mol. The number of anilines is 1. The predicted molar refractivity (Wildman–Crippen MR) is 124 cm³/mol. The second kappa shape index (κ2) is 9.82. The Kier molecular flexibility index (Phi) is 7.12. The van der Waals surface area contributed by atoms with E-state index in [4.69, 9.17) is 16.3 Å². The van der Waals surface area contributed by atoms with Crippen molar-refractivity contribution in [2.75, 3.05) is 45.2 Å². The number of aliphatic hydroxyl groups is 1. The van der Waals surface area contributed by atoms with Crippen LogP contribution in [0.5, 0.6) is 0 Å². The molecule has 1 aromatic heterocycles. The molecule has 3 atom stereocenters. The predicted octanol–water partition coefficient (Wildman–Crippen LogP) is 4.21. The summed E-state index contributed by atoms with van der Waals surface area (Å²) >= 11 is 6.12. The van der Waals surface area contributed by atoms with E-state index in [1.165, 1.54) is 5.56 Å². The maximum Gasteiger partial charge on any atom is 0.135 e. The third-order valence-corrected chi connectivity index (χ3v) is 6.83. The van der Waals surface area contributed by atoms with E-state index in [9.17, 15) is 5.11 Å². The lowest BCUT2D eigenvalue weighted by molar-refractivity contribution is -0.00307. The van der Waals surface area contributed by atoms with Crippen LogP contribution in [0, 0.1) is 5.92 Å². The smallest absolute Gasteiger partial charge is 0.135 e. The van der Waals surface area contributed by atoms with Crippen molar-refractivity contribution in [3.05, 3.63) is 52.4 Å². The fraction of sp³-hybridized carbons (Fsp3) is 0.583. The zero-order valence-corrected chi connectivity index (χ0v) is 19.4. The number of aromatic nitrogens is 2. The van der Waals surface area contributed by atoms with Crippen molar-refractivity contribution in [1.29, 1.82) is 0 Å². The van der Waals surface area contributed by atoms with Gasteiger partial charge in [-0.25, -0.2) is 9.97 Å². The van der Waals surface area contributed by atoms with Gasteiger partial charge >= 0.3 is 0 Å². The standard InChI is InChI=1S/C24H33ClN4O2/c1-16-14-20(30)22-21(16)24(27-15-26-22)29-10-8-18(9-11-29)23(31-13-12-28(2)3)17-4-6-19(25)7-5-17/h4-7,15-16,18,20,23,30H,8-14H2,1-3H3/t16?,20-,23+/m1/s1. The highest BCUT2D eigenvalue weighted by molar-refractivity contribution is 6.30. The van der Waals surface area contributed by atoms with Crippen LogP contribution in [0.15, 0.2) is 30.6 Å². The normalized spacial score (nSPS) is 22.7. The number of piperidine rings is 1. The molecule has 31 heavy (non-hydrogen) atoms. The third-order valence-electron chi connectivity index (χ3n) is 6.58. The van der Waals surface area contributed by atoms with Crippen molar-refractivity contribution in [1.82, 2.24) is 14.9 Å². The van der Waals surface area contributed by atoms with E-state index in [0.29, 0.717) is 12.5 Å². The highest BCUT2D eigenvalue weighted by Crippen LogP contribution is 2.44. The molecule has 0 radical (unpaired) electrons. The monoisotopic (exact) mass is 444 g/mol. The Bertz CT molecular complexity index is 868. The highest BCUT2D eigenvalue weighted by Gasteiger charge is 2.35. The van der Waals surface area contributed by atoms with Gasteiger partial charge in [0.2, 0.25) is 0 Å². The number of likely N-dealkylation sites (N-methyl/N-ethyl adjacent to an activating group) is 1. The summed E-state index contributed by atoms with van der Waals surface area (Å²) in [4.78, 5) is 13.5. The highest BCUT2D eigenvalue weighted by atomic mass is 35.5. The lowest BCUT2D eigenvalue weighted by atomic mass is 9.87. The molecule has 1 saturated heterocycles. The molecule has 1 aliphatic carbocycles. The minimum Gasteiger partial charge on any atom is -0.387 e. The van der Waals surface area contributed by atoms with Crippen LogP contribution in [0.2, 0.25) is 5.02 Å². The molecule has 0 saturated carbocycles. The summed E-state index contributed by atoms with van der Waals surface area (Å²) in [6, 6.07) is 8.08. The molecule has 168 valence electrons. The maximum absolute atomic E-state index is 10.3. The van der Waals surface area contributed by atoms with Gasteiger partial charge in [-0.1, -0.05) is 30.7 Å². The van der Waals surface area contributed by atoms with Crippen molar-refractivity contribution >= 4 is 17.4 Å². The quantitative estimate of drug-likeness (QED) is 0.690. The molecule has 0 spiro atoms. The van der Waals surface area contributed by atoms with Crippen LogP contribution in [0.25, 0.3) is 0 Å². The van der Waals surface area contributed by atoms with Gasteiger partial charge in [-0.15, -0.1) is 0 Å². The van der Waals surface area contributed by atoms with Gasteiger partial charge < -0.3 is 19.6 Å². The number of hydrogen-bond donors (Lipinski definition) is 1. The summed E-state index contributed by atoms with van der Waals surface area (Å²) in [6.45, 7) is 5.62. The molecule has 2 aromatic rings. The van der Waals surface area contributed by atoms with Gasteiger partial charge in [-0.2, -0.15) is 0 Å². The summed E-state index contributed by atoms with van der Waals surface area (Å²) in [5, 5.41) is 11.1. The first-order chi connectivity index (χ1) is 14.9. The second-order valence-electron chi connectivity index (χ2n) is 9.12. The average Bonchev–Trinajstić information content (AvgIpc) is 3.06. The molecule has 1 aliphatic heterocycles. The fourth-order valence-corrected chi connectivity index (χ4v) is 5.01. The van der Waals surface area contributed by atoms with Crippen LogP contribution < -0.4 is 4.90 Å². The van der Waals surface area contributed by atoms with Gasteiger partial charge in [0.1, 0.15) is 12.1 Å². The van der Waals surface area contributed by atoms with Gasteiger partial charge in [-0.05, 0) is 62.9 Å². The number of rotatable bonds is 7. The Labute approximate surface area is 190 Å². The summed E-state index contributed by atoms with van der Waals surface area (Å²) in [6.07, 6.45) is 3.99. The van der Waals surface area contributed by atoms with Crippen LogP contribution in [0.3, 0.4) is 0 Å². The van der Waals surface area contributed by atoms with Crippen molar-refractivity contribution in [2.45, 2.75) is 44.3 Å². The Morgan fingerprint density at radius 1 is 1.19 bits per heavy atom.